The molecule has 0 heterocycles. The molecule has 0 atom stereocenters. The van der Waals surface area contributed by atoms with Crippen LogP contribution in [0.3, 0.4) is 0 Å². The Morgan fingerprint density at radius 3 is 2.19 bits per heavy atom. The molecule has 4 nitrogen and oxygen atoms in total. The Balaban J connectivity index is 1.54. The minimum absolute atomic E-state index is 0.0261. The van der Waals surface area contributed by atoms with Gasteiger partial charge in [-0.15, -0.1) is 0 Å². The second-order valence-corrected chi connectivity index (χ2v) is 6.34. The van der Waals surface area contributed by atoms with E-state index in [1.54, 1.807) is 0 Å². The maximum atomic E-state index is 12.2. The lowest BCUT2D eigenvalue weighted by Gasteiger charge is -2.29. The number of rotatable bonds is 4. The number of hydrogen-bond acceptors (Lipinski definition) is 2. The molecular weight excluding hydrogens is 266 g/mol. The molecule has 1 amide bonds. The number of hydrogen-bond donors (Lipinski definition) is 2. The summed E-state index contributed by atoms with van der Waals surface area (Å²) in [6.45, 7) is 0. The molecule has 0 aliphatic heterocycles. The molecule has 2 N–H and O–H groups in total. The van der Waals surface area contributed by atoms with Crippen molar-refractivity contribution in [1.82, 2.24) is 5.32 Å². The summed E-state index contributed by atoms with van der Waals surface area (Å²) < 4.78 is 0. The van der Waals surface area contributed by atoms with Crippen LogP contribution in [-0.2, 0) is 9.59 Å². The van der Waals surface area contributed by atoms with Crippen LogP contribution in [0.25, 0.3) is 0 Å². The molecule has 2 fully saturated rings. The minimum Gasteiger partial charge on any atom is -0.480 e. The molecule has 0 unspecified atom stereocenters. The van der Waals surface area contributed by atoms with Gasteiger partial charge in [0.15, 0.2) is 0 Å². The van der Waals surface area contributed by atoms with E-state index in [2.05, 4.69) is 29.6 Å². The molecule has 2 aliphatic rings. The number of amides is 1. The summed E-state index contributed by atoms with van der Waals surface area (Å²) in [6.07, 6.45) is 4.83. The second kappa shape index (κ2) is 5.51. The van der Waals surface area contributed by atoms with Crippen LogP contribution in [0.4, 0.5) is 0 Å². The first-order valence-corrected chi connectivity index (χ1v) is 7.71. The molecule has 0 aromatic heterocycles. The summed E-state index contributed by atoms with van der Waals surface area (Å²) in [7, 11) is 0. The van der Waals surface area contributed by atoms with Crippen molar-refractivity contribution in [2.45, 2.75) is 50.0 Å². The molecule has 0 saturated heterocycles. The highest BCUT2D eigenvalue weighted by Gasteiger charge is 2.52. The van der Waals surface area contributed by atoms with Gasteiger partial charge in [-0.2, -0.15) is 0 Å². The highest BCUT2D eigenvalue weighted by molar-refractivity contribution is 5.90. The van der Waals surface area contributed by atoms with E-state index in [-0.39, 0.29) is 11.8 Å². The first-order valence-electron chi connectivity index (χ1n) is 7.71. The van der Waals surface area contributed by atoms with Gasteiger partial charge in [-0.1, -0.05) is 30.3 Å². The highest BCUT2D eigenvalue weighted by Crippen LogP contribution is 2.39. The molecule has 3 rings (SSSR count). The van der Waals surface area contributed by atoms with Gasteiger partial charge in [0.2, 0.25) is 5.91 Å². The zero-order valence-electron chi connectivity index (χ0n) is 12.0. The lowest BCUT2D eigenvalue weighted by molar-refractivity contribution is -0.144. The molecule has 21 heavy (non-hydrogen) atoms. The number of carboxylic acids is 1. The Bertz CT molecular complexity index is 528. The number of carbonyl (C=O) groups is 2. The van der Waals surface area contributed by atoms with Crippen LogP contribution in [-0.4, -0.2) is 22.5 Å². The molecule has 1 aromatic carbocycles. The van der Waals surface area contributed by atoms with Crippen LogP contribution in [0.2, 0.25) is 0 Å². The zero-order chi connectivity index (χ0) is 14.9. The van der Waals surface area contributed by atoms with E-state index in [1.807, 2.05) is 6.07 Å². The smallest absolute Gasteiger partial charge is 0.329 e. The standard InChI is InChI=1S/C17H21NO3/c19-15(18-17(10-11-17)16(20)21)14-8-6-13(7-9-14)12-4-2-1-3-5-12/h1-5,13-14H,6-11H2,(H,18,19)(H,20,21). The number of carbonyl (C=O) groups excluding carboxylic acids is 1. The number of benzene rings is 1. The topological polar surface area (TPSA) is 66.4 Å². The van der Waals surface area contributed by atoms with E-state index >= 15 is 0 Å². The Labute approximate surface area is 124 Å². The highest BCUT2D eigenvalue weighted by atomic mass is 16.4. The normalized spacial score (nSPS) is 26.9. The molecule has 0 radical (unpaired) electrons. The van der Waals surface area contributed by atoms with E-state index < -0.39 is 11.5 Å². The fourth-order valence-electron chi connectivity index (χ4n) is 3.27. The molecule has 0 bridgehead atoms. The fraction of sp³-hybridized carbons (Fsp3) is 0.529. The van der Waals surface area contributed by atoms with Crippen LogP contribution >= 0.6 is 0 Å². The minimum atomic E-state index is -0.951. The molecule has 1 aromatic rings. The third-order valence-electron chi connectivity index (χ3n) is 4.89. The number of carboxylic acid groups (broad SMARTS) is 1. The third kappa shape index (κ3) is 2.94. The van der Waals surface area contributed by atoms with Crippen molar-refractivity contribution in [2.24, 2.45) is 5.92 Å². The van der Waals surface area contributed by atoms with Crippen LogP contribution < -0.4 is 5.32 Å². The number of nitrogens with one attached hydrogen (secondary N) is 1. The van der Waals surface area contributed by atoms with Crippen molar-refractivity contribution in [3.63, 3.8) is 0 Å². The monoisotopic (exact) mass is 287 g/mol. The third-order valence-corrected chi connectivity index (χ3v) is 4.89. The molecule has 2 aliphatic carbocycles. The van der Waals surface area contributed by atoms with Gasteiger partial charge in [0.05, 0.1) is 0 Å². The van der Waals surface area contributed by atoms with Gasteiger partial charge in [0.1, 0.15) is 5.54 Å². The van der Waals surface area contributed by atoms with Gasteiger partial charge >= 0.3 is 5.97 Å². The van der Waals surface area contributed by atoms with Crippen molar-refractivity contribution >= 4 is 11.9 Å². The summed E-state index contributed by atoms with van der Waals surface area (Å²) in [4.78, 5) is 23.4. The van der Waals surface area contributed by atoms with Crippen molar-refractivity contribution < 1.29 is 14.7 Å². The van der Waals surface area contributed by atoms with Gasteiger partial charge in [-0.3, -0.25) is 4.79 Å². The fourth-order valence-corrected chi connectivity index (χ4v) is 3.27. The number of aliphatic carboxylic acids is 1. The SMILES string of the molecule is O=C(NC1(C(=O)O)CC1)C1CCC(c2ccccc2)CC1. The molecule has 2 saturated carbocycles. The summed E-state index contributed by atoms with van der Waals surface area (Å²) in [5.74, 6) is -0.457. The van der Waals surface area contributed by atoms with E-state index in [4.69, 9.17) is 5.11 Å². The molecule has 4 heteroatoms. The second-order valence-electron chi connectivity index (χ2n) is 6.34. The Hall–Kier alpha value is -1.84. The van der Waals surface area contributed by atoms with Crippen molar-refractivity contribution in [2.75, 3.05) is 0 Å². The predicted molar refractivity (Wildman–Crippen MR) is 78.9 cm³/mol. The predicted octanol–water partition coefficient (Wildman–Crippen LogP) is 2.69. The van der Waals surface area contributed by atoms with E-state index in [9.17, 15) is 9.59 Å². The first-order chi connectivity index (χ1) is 10.1. The zero-order valence-corrected chi connectivity index (χ0v) is 12.0. The Morgan fingerprint density at radius 1 is 1.05 bits per heavy atom. The van der Waals surface area contributed by atoms with E-state index in [0.29, 0.717) is 18.8 Å². The Morgan fingerprint density at radius 2 is 1.67 bits per heavy atom. The summed E-state index contributed by atoms with van der Waals surface area (Å²) in [6, 6.07) is 10.4. The largest absolute Gasteiger partial charge is 0.480 e. The summed E-state index contributed by atoms with van der Waals surface area (Å²) in [5, 5.41) is 11.9. The maximum absolute atomic E-state index is 12.2. The van der Waals surface area contributed by atoms with E-state index in [0.717, 1.165) is 25.7 Å². The summed E-state index contributed by atoms with van der Waals surface area (Å²) >= 11 is 0. The van der Waals surface area contributed by atoms with Gasteiger partial charge in [-0.25, -0.2) is 4.79 Å². The van der Waals surface area contributed by atoms with Gasteiger partial charge < -0.3 is 10.4 Å². The van der Waals surface area contributed by atoms with Crippen LogP contribution in [0.1, 0.15) is 50.0 Å². The molecular formula is C17H21NO3. The van der Waals surface area contributed by atoms with Crippen LogP contribution in [0.15, 0.2) is 30.3 Å². The molecule has 112 valence electrons. The Kier molecular flexibility index (Phi) is 3.70. The summed E-state index contributed by atoms with van der Waals surface area (Å²) in [5.41, 5.74) is 0.397. The first kappa shape index (κ1) is 14.1. The van der Waals surface area contributed by atoms with Crippen LogP contribution in [0, 0.1) is 5.92 Å². The average Bonchev–Trinajstić information content (AvgIpc) is 3.29. The van der Waals surface area contributed by atoms with Crippen LogP contribution in [0.5, 0.6) is 0 Å². The average molecular weight is 287 g/mol. The maximum Gasteiger partial charge on any atom is 0.329 e. The van der Waals surface area contributed by atoms with Crippen molar-refractivity contribution in [3.8, 4) is 0 Å². The quantitative estimate of drug-likeness (QED) is 0.894. The van der Waals surface area contributed by atoms with Crippen molar-refractivity contribution in [3.05, 3.63) is 35.9 Å². The van der Waals surface area contributed by atoms with Crippen molar-refractivity contribution in [1.29, 1.82) is 0 Å². The lowest BCUT2D eigenvalue weighted by Crippen LogP contribution is -2.46. The van der Waals surface area contributed by atoms with Gasteiger partial charge in [-0.05, 0) is 50.0 Å². The van der Waals surface area contributed by atoms with Gasteiger partial charge in [0, 0.05) is 5.92 Å². The lowest BCUT2D eigenvalue weighted by atomic mass is 9.78. The van der Waals surface area contributed by atoms with Gasteiger partial charge in [0.25, 0.3) is 0 Å². The molecule has 0 spiro atoms. The van der Waals surface area contributed by atoms with E-state index in [1.165, 1.54) is 5.56 Å².